The Labute approximate surface area is 120 Å². The maximum absolute atomic E-state index is 10.6. The van der Waals surface area contributed by atoms with Gasteiger partial charge in [-0.3, -0.25) is 10.1 Å². The lowest BCUT2D eigenvalue weighted by Gasteiger charge is -2.09. The highest BCUT2D eigenvalue weighted by molar-refractivity contribution is 6.33. The maximum Gasteiger partial charge on any atom is 0.271 e. The number of benzene rings is 2. The Bertz CT molecular complexity index is 695. The largest absolute Gasteiger partial charge is 0.380 e. The van der Waals surface area contributed by atoms with E-state index in [1.165, 1.54) is 12.1 Å². The van der Waals surface area contributed by atoms with E-state index in [4.69, 9.17) is 16.9 Å². The number of nitrogens with one attached hydrogen (secondary N) is 1. The summed E-state index contributed by atoms with van der Waals surface area (Å²) in [5.41, 5.74) is 1.95. The lowest BCUT2D eigenvalue weighted by molar-refractivity contribution is -0.384. The van der Waals surface area contributed by atoms with Crippen LogP contribution < -0.4 is 5.32 Å². The number of non-ortho nitro benzene ring substituents is 1. The molecule has 0 radical (unpaired) electrons. The summed E-state index contributed by atoms with van der Waals surface area (Å²) in [6.45, 7) is 0.418. The molecular weight excluding hydrogens is 278 g/mol. The molecule has 2 rings (SSSR count). The van der Waals surface area contributed by atoms with Crippen LogP contribution in [0.15, 0.2) is 42.5 Å². The summed E-state index contributed by atoms with van der Waals surface area (Å²) in [5, 5.41) is 22.9. The van der Waals surface area contributed by atoms with E-state index < -0.39 is 4.92 Å². The fraction of sp³-hybridized carbons (Fsp3) is 0.0714. The third kappa shape index (κ3) is 3.05. The van der Waals surface area contributed by atoms with Gasteiger partial charge >= 0.3 is 0 Å². The van der Waals surface area contributed by atoms with Crippen LogP contribution in [-0.4, -0.2) is 4.92 Å². The van der Waals surface area contributed by atoms with Crippen molar-refractivity contribution in [2.24, 2.45) is 0 Å². The van der Waals surface area contributed by atoms with Crippen molar-refractivity contribution in [3.05, 3.63) is 68.7 Å². The van der Waals surface area contributed by atoms with Crippen LogP contribution in [0.25, 0.3) is 0 Å². The summed E-state index contributed by atoms with van der Waals surface area (Å²) >= 11 is 5.98. The van der Waals surface area contributed by atoms with Crippen LogP contribution in [0, 0.1) is 21.4 Å². The standard InChI is InChI=1S/C14H10ClN3O2/c15-13-7-12(18(19)20)5-6-14(13)17-9-11-4-2-1-3-10(11)8-16/h1-7,17H,9H2. The van der Waals surface area contributed by atoms with E-state index in [9.17, 15) is 10.1 Å². The third-order valence-corrected chi connectivity index (χ3v) is 3.08. The van der Waals surface area contributed by atoms with Gasteiger partial charge in [0.05, 0.1) is 27.3 Å². The number of anilines is 1. The van der Waals surface area contributed by atoms with Crippen molar-refractivity contribution < 1.29 is 4.92 Å². The first-order valence-corrected chi connectivity index (χ1v) is 6.15. The van der Waals surface area contributed by atoms with Crippen LogP contribution in [0.4, 0.5) is 11.4 Å². The van der Waals surface area contributed by atoms with Crippen molar-refractivity contribution in [2.45, 2.75) is 6.54 Å². The highest BCUT2D eigenvalue weighted by Gasteiger charge is 2.09. The maximum atomic E-state index is 10.6. The van der Waals surface area contributed by atoms with Gasteiger partial charge in [0.2, 0.25) is 0 Å². The first-order chi connectivity index (χ1) is 9.61. The van der Waals surface area contributed by atoms with Crippen molar-refractivity contribution in [3.8, 4) is 6.07 Å². The summed E-state index contributed by atoms with van der Waals surface area (Å²) in [6, 6.07) is 13.5. The zero-order valence-electron chi connectivity index (χ0n) is 10.3. The highest BCUT2D eigenvalue weighted by Crippen LogP contribution is 2.27. The van der Waals surface area contributed by atoms with Crippen LogP contribution in [0.5, 0.6) is 0 Å². The zero-order valence-corrected chi connectivity index (χ0v) is 11.1. The Kier molecular flexibility index (Phi) is 4.18. The second-order valence-corrected chi connectivity index (χ2v) is 4.45. The van der Waals surface area contributed by atoms with E-state index in [0.717, 1.165) is 5.56 Å². The molecule has 0 saturated carbocycles. The Hall–Kier alpha value is -2.58. The van der Waals surface area contributed by atoms with E-state index in [2.05, 4.69) is 11.4 Å². The quantitative estimate of drug-likeness (QED) is 0.686. The van der Waals surface area contributed by atoms with Crippen LogP contribution in [0.1, 0.15) is 11.1 Å². The SMILES string of the molecule is N#Cc1ccccc1CNc1ccc([N+](=O)[O-])cc1Cl. The van der Waals surface area contributed by atoms with Crippen LogP contribution in [0.3, 0.4) is 0 Å². The molecule has 0 spiro atoms. The molecule has 0 aliphatic carbocycles. The minimum Gasteiger partial charge on any atom is -0.380 e. The van der Waals surface area contributed by atoms with Gasteiger partial charge < -0.3 is 5.32 Å². The third-order valence-electron chi connectivity index (χ3n) is 2.77. The normalized spacial score (nSPS) is 9.80. The molecule has 0 aliphatic heterocycles. The summed E-state index contributed by atoms with van der Waals surface area (Å²) in [7, 11) is 0. The number of hydrogen-bond acceptors (Lipinski definition) is 4. The van der Waals surface area contributed by atoms with E-state index in [1.807, 2.05) is 12.1 Å². The van der Waals surface area contributed by atoms with Gasteiger partial charge in [-0.15, -0.1) is 0 Å². The van der Waals surface area contributed by atoms with E-state index in [0.29, 0.717) is 17.8 Å². The summed E-state index contributed by atoms with van der Waals surface area (Å²) in [6.07, 6.45) is 0. The molecule has 0 aromatic heterocycles. The van der Waals surface area contributed by atoms with Crippen molar-refractivity contribution >= 4 is 23.0 Å². The Morgan fingerprint density at radius 3 is 2.70 bits per heavy atom. The minimum atomic E-state index is -0.499. The Balaban J connectivity index is 2.16. The second-order valence-electron chi connectivity index (χ2n) is 4.04. The summed E-state index contributed by atoms with van der Waals surface area (Å²) in [4.78, 5) is 10.1. The molecule has 0 fully saturated rings. The molecule has 0 unspecified atom stereocenters. The predicted molar refractivity (Wildman–Crippen MR) is 76.6 cm³/mol. The molecule has 2 aromatic carbocycles. The molecule has 20 heavy (non-hydrogen) atoms. The van der Waals surface area contributed by atoms with Crippen molar-refractivity contribution in [3.63, 3.8) is 0 Å². The lowest BCUT2D eigenvalue weighted by Crippen LogP contribution is -2.02. The Morgan fingerprint density at radius 1 is 1.30 bits per heavy atom. The molecular formula is C14H10ClN3O2. The zero-order chi connectivity index (χ0) is 14.5. The van der Waals surface area contributed by atoms with Crippen molar-refractivity contribution in [2.75, 3.05) is 5.32 Å². The Morgan fingerprint density at radius 2 is 2.05 bits per heavy atom. The van der Waals surface area contributed by atoms with E-state index >= 15 is 0 Å². The molecule has 0 amide bonds. The number of halogens is 1. The number of nitriles is 1. The second kappa shape index (κ2) is 6.04. The first kappa shape index (κ1) is 13.8. The minimum absolute atomic E-state index is 0.0574. The highest BCUT2D eigenvalue weighted by atomic mass is 35.5. The van der Waals surface area contributed by atoms with Gasteiger partial charge in [0.1, 0.15) is 0 Å². The average Bonchev–Trinajstić information content (AvgIpc) is 2.46. The molecule has 6 heteroatoms. The lowest BCUT2D eigenvalue weighted by atomic mass is 10.1. The molecule has 1 N–H and O–H groups in total. The smallest absolute Gasteiger partial charge is 0.271 e. The molecule has 0 bridgehead atoms. The molecule has 100 valence electrons. The molecule has 5 nitrogen and oxygen atoms in total. The molecule has 0 heterocycles. The topological polar surface area (TPSA) is 79.0 Å². The van der Waals surface area contributed by atoms with Gasteiger partial charge in [-0.2, -0.15) is 5.26 Å². The number of rotatable bonds is 4. The van der Waals surface area contributed by atoms with Gasteiger partial charge in [-0.05, 0) is 17.7 Å². The van der Waals surface area contributed by atoms with Gasteiger partial charge in [-0.25, -0.2) is 0 Å². The van der Waals surface area contributed by atoms with Crippen molar-refractivity contribution in [1.82, 2.24) is 0 Å². The molecule has 0 aliphatic rings. The summed E-state index contributed by atoms with van der Waals surface area (Å²) < 4.78 is 0. The molecule has 0 atom stereocenters. The number of nitro benzene ring substituents is 1. The van der Waals surface area contributed by atoms with Crippen LogP contribution in [0.2, 0.25) is 5.02 Å². The summed E-state index contributed by atoms with van der Waals surface area (Å²) in [5.74, 6) is 0. The number of nitrogens with zero attached hydrogens (tertiary/aromatic N) is 2. The van der Waals surface area contributed by atoms with Crippen LogP contribution >= 0.6 is 11.6 Å². The van der Waals surface area contributed by atoms with Gasteiger partial charge in [0.25, 0.3) is 5.69 Å². The number of hydrogen-bond donors (Lipinski definition) is 1. The average molecular weight is 288 g/mol. The molecule has 2 aromatic rings. The van der Waals surface area contributed by atoms with Gasteiger partial charge in [0, 0.05) is 18.7 Å². The van der Waals surface area contributed by atoms with E-state index in [1.54, 1.807) is 18.2 Å². The predicted octanol–water partition coefficient (Wildman–Crippen LogP) is 3.73. The van der Waals surface area contributed by atoms with Gasteiger partial charge in [0.15, 0.2) is 0 Å². The fourth-order valence-electron chi connectivity index (χ4n) is 1.73. The van der Waals surface area contributed by atoms with Crippen LogP contribution in [-0.2, 0) is 6.54 Å². The fourth-order valence-corrected chi connectivity index (χ4v) is 1.98. The van der Waals surface area contributed by atoms with E-state index in [-0.39, 0.29) is 10.7 Å². The monoisotopic (exact) mass is 287 g/mol. The van der Waals surface area contributed by atoms with Gasteiger partial charge in [-0.1, -0.05) is 29.8 Å². The number of nitro groups is 1. The molecule has 0 saturated heterocycles. The van der Waals surface area contributed by atoms with Crippen molar-refractivity contribution in [1.29, 1.82) is 5.26 Å². The first-order valence-electron chi connectivity index (χ1n) is 5.77.